The molecule has 0 radical (unpaired) electrons. The van der Waals surface area contributed by atoms with E-state index in [2.05, 4.69) is 4.98 Å². The van der Waals surface area contributed by atoms with E-state index in [-0.39, 0.29) is 10.6 Å². The number of ether oxygens (including phenoxy) is 1. The number of aldehydes is 1. The summed E-state index contributed by atoms with van der Waals surface area (Å²) in [5.74, 6) is -0.441. The zero-order valence-corrected chi connectivity index (χ0v) is 17.5. The second-order valence-electron chi connectivity index (χ2n) is 7.41. The molecule has 0 saturated carbocycles. The van der Waals surface area contributed by atoms with Gasteiger partial charge in [-0.05, 0) is 49.2 Å². The summed E-state index contributed by atoms with van der Waals surface area (Å²) in [6.45, 7) is 1.01. The third-order valence-electron chi connectivity index (χ3n) is 5.57. The number of nitrogens with one attached hydrogen (secondary N) is 1. The van der Waals surface area contributed by atoms with Crippen LogP contribution in [0.15, 0.2) is 41.3 Å². The fraction of sp³-hybridized carbons (Fsp3) is 0.318. The molecule has 2 aromatic carbocycles. The molecular weight excluding hydrogens is 407 g/mol. The van der Waals surface area contributed by atoms with Gasteiger partial charge in [-0.15, -0.1) is 0 Å². The maximum absolute atomic E-state index is 14.2. The van der Waals surface area contributed by atoms with Gasteiger partial charge in [-0.25, -0.2) is 12.8 Å². The lowest BCUT2D eigenvalue weighted by atomic mass is 10.1. The number of carbonyl (C=O) groups is 1. The number of methoxy groups -OCH3 is 1. The first-order valence-corrected chi connectivity index (χ1v) is 11.3. The molecule has 1 aliphatic heterocycles. The molecule has 3 aromatic rings. The number of halogens is 1. The first kappa shape index (κ1) is 20.6. The molecule has 0 aliphatic carbocycles. The van der Waals surface area contributed by atoms with E-state index >= 15 is 0 Å². The standard InChI is InChI=1S/C22H23FN2O4S/c1-29-21-9-6-15(12-19(21)23)22-18(14-26)17-13-16(7-8-20(17)24-22)30(27,28)25-10-4-2-3-5-11-25/h6-9,12-14,24H,2-5,10-11H2,1H3. The van der Waals surface area contributed by atoms with Crippen LogP contribution in [0.3, 0.4) is 0 Å². The second kappa shape index (κ2) is 8.20. The van der Waals surface area contributed by atoms with Crippen molar-refractivity contribution in [2.24, 2.45) is 0 Å². The van der Waals surface area contributed by atoms with Crippen molar-refractivity contribution in [2.75, 3.05) is 20.2 Å². The van der Waals surface area contributed by atoms with Gasteiger partial charge in [0.25, 0.3) is 0 Å². The molecule has 1 aromatic heterocycles. The Morgan fingerprint density at radius 3 is 2.43 bits per heavy atom. The molecule has 4 rings (SSSR count). The molecule has 6 nitrogen and oxygen atoms in total. The summed E-state index contributed by atoms with van der Waals surface area (Å²) in [6.07, 6.45) is 4.41. The minimum absolute atomic E-state index is 0.105. The molecule has 2 heterocycles. The van der Waals surface area contributed by atoms with E-state index in [0.717, 1.165) is 25.7 Å². The number of carbonyl (C=O) groups excluding carboxylic acids is 1. The van der Waals surface area contributed by atoms with E-state index < -0.39 is 15.8 Å². The zero-order valence-electron chi connectivity index (χ0n) is 16.7. The molecule has 1 aliphatic rings. The SMILES string of the molecule is COc1ccc(-c2[nH]c3ccc(S(=O)(=O)N4CCCCCC4)cc3c2C=O)cc1F. The van der Waals surface area contributed by atoms with Crippen LogP contribution < -0.4 is 4.74 Å². The summed E-state index contributed by atoms with van der Waals surface area (Å²) in [5.41, 5.74) is 1.81. The third-order valence-corrected chi connectivity index (χ3v) is 7.47. The highest BCUT2D eigenvalue weighted by atomic mass is 32.2. The summed E-state index contributed by atoms with van der Waals surface area (Å²) in [4.78, 5) is 15.2. The van der Waals surface area contributed by atoms with Crippen LogP contribution >= 0.6 is 0 Å². The monoisotopic (exact) mass is 430 g/mol. The van der Waals surface area contributed by atoms with E-state index in [9.17, 15) is 17.6 Å². The van der Waals surface area contributed by atoms with Crippen LogP contribution in [-0.2, 0) is 10.0 Å². The Kier molecular flexibility index (Phi) is 5.62. The van der Waals surface area contributed by atoms with Gasteiger partial charge in [0.1, 0.15) is 0 Å². The maximum atomic E-state index is 14.2. The molecule has 0 bridgehead atoms. The number of aromatic nitrogens is 1. The van der Waals surface area contributed by atoms with Crippen LogP contribution in [0, 0.1) is 5.82 Å². The quantitative estimate of drug-likeness (QED) is 0.610. The number of H-pyrrole nitrogens is 1. The highest BCUT2D eigenvalue weighted by Crippen LogP contribution is 2.33. The Morgan fingerprint density at radius 2 is 1.80 bits per heavy atom. The van der Waals surface area contributed by atoms with Gasteiger partial charge in [0, 0.05) is 35.1 Å². The summed E-state index contributed by atoms with van der Waals surface area (Å²) in [5, 5.41) is 0.493. The van der Waals surface area contributed by atoms with Gasteiger partial charge in [-0.3, -0.25) is 4.79 Å². The fourth-order valence-corrected chi connectivity index (χ4v) is 5.50. The van der Waals surface area contributed by atoms with Gasteiger partial charge < -0.3 is 9.72 Å². The topological polar surface area (TPSA) is 79.5 Å². The normalized spacial score (nSPS) is 15.8. The number of hydrogen-bond donors (Lipinski definition) is 1. The van der Waals surface area contributed by atoms with Crippen molar-refractivity contribution >= 4 is 27.2 Å². The predicted octanol–water partition coefficient (Wildman–Crippen LogP) is 4.36. The van der Waals surface area contributed by atoms with Gasteiger partial charge in [-0.2, -0.15) is 4.31 Å². The zero-order chi connectivity index (χ0) is 21.3. The van der Waals surface area contributed by atoms with Crippen molar-refractivity contribution in [1.82, 2.24) is 9.29 Å². The van der Waals surface area contributed by atoms with Crippen molar-refractivity contribution in [3.05, 3.63) is 47.8 Å². The number of hydrogen-bond acceptors (Lipinski definition) is 4. The largest absolute Gasteiger partial charge is 0.494 e. The highest BCUT2D eigenvalue weighted by molar-refractivity contribution is 7.89. The smallest absolute Gasteiger partial charge is 0.243 e. The van der Waals surface area contributed by atoms with Crippen LogP contribution in [-0.4, -0.2) is 44.2 Å². The second-order valence-corrected chi connectivity index (χ2v) is 9.34. The average Bonchev–Trinajstić information content (AvgIpc) is 2.89. The highest BCUT2D eigenvalue weighted by Gasteiger charge is 2.26. The maximum Gasteiger partial charge on any atom is 0.243 e. The molecule has 1 N–H and O–H groups in total. The Labute approximate surface area is 174 Å². The number of rotatable bonds is 5. The van der Waals surface area contributed by atoms with Gasteiger partial charge in [0.15, 0.2) is 17.9 Å². The summed E-state index contributed by atoms with van der Waals surface area (Å²) >= 11 is 0. The van der Waals surface area contributed by atoms with Gasteiger partial charge in [0.2, 0.25) is 10.0 Å². The van der Waals surface area contributed by atoms with Crippen LogP contribution in [0.2, 0.25) is 0 Å². The molecule has 1 saturated heterocycles. The Morgan fingerprint density at radius 1 is 1.07 bits per heavy atom. The van der Waals surface area contributed by atoms with Crippen LogP contribution in [0.25, 0.3) is 22.2 Å². The van der Waals surface area contributed by atoms with Gasteiger partial charge >= 0.3 is 0 Å². The van der Waals surface area contributed by atoms with Gasteiger partial charge in [0.05, 0.1) is 17.7 Å². The Hall–Kier alpha value is -2.71. The molecule has 1 fully saturated rings. The molecule has 0 atom stereocenters. The van der Waals surface area contributed by atoms with E-state index in [1.807, 2.05) is 0 Å². The van der Waals surface area contributed by atoms with Crippen LogP contribution in [0.5, 0.6) is 5.75 Å². The molecule has 30 heavy (non-hydrogen) atoms. The van der Waals surface area contributed by atoms with Crippen molar-refractivity contribution in [3.8, 4) is 17.0 Å². The summed E-state index contributed by atoms with van der Waals surface area (Å²) < 4.78 is 46.9. The number of nitrogens with zero attached hydrogens (tertiary/aromatic N) is 1. The van der Waals surface area contributed by atoms with Crippen molar-refractivity contribution < 1.29 is 22.3 Å². The molecule has 158 valence electrons. The lowest BCUT2D eigenvalue weighted by Gasteiger charge is -2.20. The van der Waals surface area contributed by atoms with Crippen molar-refractivity contribution in [2.45, 2.75) is 30.6 Å². The minimum Gasteiger partial charge on any atom is -0.494 e. The number of benzene rings is 2. The first-order valence-electron chi connectivity index (χ1n) is 9.90. The molecular formula is C22H23FN2O4S. The Balaban J connectivity index is 1.80. The summed E-state index contributed by atoms with van der Waals surface area (Å²) in [7, 11) is -2.27. The molecule has 0 spiro atoms. The molecule has 0 amide bonds. The summed E-state index contributed by atoms with van der Waals surface area (Å²) in [6, 6.07) is 9.14. The van der Waals surface area contributed by atoms with Crippen molar-refractivity contribution in [3.63, 3.8) is 0 Å². The predicted molar refractivity (Wildman–Crippen MR) is 113 cm³/mol. The van der Waals surface area contributed by atoms with Crippen LogP contribution in [0.4, 0.5) is 4.39 Å². The Bertz CT molecular complexity index is 1200. The number of sulfonamides is 1. The van der Waals surface area contributed by atoms with Crippen LogP contribution in [0.1, 0.15) is 36.0 Å². The van der Waals surface area contributed by atoms with E-state index in [1.165, 1.54) is 29.6 Å². The van der Waals surface area contributed by atoms with E-state index in [4.69, 9.17) is 4.74 Å². The van der Waals surface area contributed by atoms with Crippen molar-refractivity contribution in [1.29, 1.82) is 0 Å². The van der Waals surface area contributed by atoms with E-state index in [0.29, 0.717) is 47.1 Å². The lowest BCUT2D eigenvalue weighted by Crippen LogP contribution is -2.31. The average molecular weight is 431 g/mol. The fourth-order valence-electron chi connectivity index (χ4n) is 3.96. The number of aromatic amines is 1. The lowest BCUT2D eigenvalue weighted by molar-refractivity contribution is 0.112. The van der Waals surface area contributed by atoms with E-state index in [1.54, 1.807) is 18.2 Å². The third kappa shape index (κ3) is 3.61. The van der Waals surface area contributed by atoms with Gasteiger partial charge in [-0.1, -0.05) is 12.8 Å². The molecule has 0 unspecified atom stereocenters. The minimum atomic E-state index is -3.65. The molecule has 8 heteroatoms. The first-order chi connectivity index (χ1) is 14.5. The number of fused-ring (bicyclic) bond motifs is 1.